The Morgan fingerprint density at radius 1 is 1.33 bits per heavy atom. The minimum Gasteiger partial charge on any atom is -0.392 e. The van der Waals surface area contributed by atoms with Crippen molar-refractivity contribution in [3.05, 3.63) is 0 Å². The van der Waals surface area contributed by atoms with Crippen molar-refractivity contribution in [2.45, 2.75) is 31.4 Å². The first-order chi connectivity index (χ1) is 4.29. The van der Waals surface area contributed by atoms with Gasteiger partial charge >= 0.3 is 0 Å². The largest absolute Gasteiger partial charge is 0.392 e. The molecule has 0 aromatic rings. The molecule has 2 bridgehead atoms. The third-order valence-corrected chi connectivity index (χ3v) is 2.92. The van der Waals surface area contributed by atoms with Gasteiger partial charge in [-0.3, -0.25) is 0 Å². The monoisotopic (exact) mass is 127 g/mol. The lowest BCUT2D eigenvalue weighted by Gasteiger charge is -2.15. The summed E-state index contributed by atoms with van der Waals surface area (Å²) < 4.78 is 0. The summed E-state index contributed by atoms with van der Waals surface area (Å²) in [7, 11) is 0. The molecule has 0 saturated heterocycles. The molecule has 0 unspecified atom stereocenters. The van der Waals surface area contributed by atoms with Crippen LogP contribution in [0, 0.1) is 11.8 Å². The van der Waals surface area contributed by atoms with Gasteiger partial charge in [0.15, 0.2) is 0 Å². The summed E-state index contributed by atoms with van der Waals surface area (Å²) in [6.45, 7) is 0. The molecule has 2 nitrogen and oxygen atoms in total. The van der Waals surface area contributed by atoms with Gasteiger partial charge in [-0.2, -0.15) is 0 Å². The van der Waals surface area contributed by atoms with Crippen molar-refractivity contribution in [3.8, 4) is 0 Å². The fourth-order valence-corrected chi connectivity index (χ4v) is 2.35. The lowest BCUT2D eigenvalue weighted by Crippen LogP contribution is -2.28. The lowest BCUT2D eigenvalue weighted by molar-refractivity contribution is 0.126. The van der Waals surface area contributed by atoms with E-state index in [-0.39, 0.29) is 6.10 Å². The molecule has 2 heteroatoms. The molecule has 0 spiro atoms. The maximum atomic E-state index is 9.42. The number of hydrogen-bond acceptors (Lipinski definition) is 2. The number of aliphatic hydroxyl groups excluding tert-OH is 1. The molecule has 0 aromatic carbocycles. The minimum absolute atomic E-state index is 0.0556. The molecule has 2 aliphatic rings. The third kappa shape index (κ3) is 0.634. The summed E-state index contributed by atoms with van der Waals surface area (Å²) in [6.07, 6.45) is 3.37. The number of rotatable bonds is 0. The Bertz CT molecular complexity index is 126. The van der Waals surface area contributed by atoms with E-state index in [1.54, 1.807) is 0 Å². The average molecular weight is 127 g/mol. The molecule has 2 fully saturated rings. The van der Waals surface area contributed by atoms with Crippen LogP contribution in [0.15, 0.2) is 0 Å². The average Bonchev–Trinajstić information content (AvgIpc) is 2.25. The molecule has 0 aliphatic heterocycles. The molecule has 0 amide bonds. The predicted octanol–water partition coefficient (Wildman–Crippen LogP) is 0.104. The van der Waals surface area contributed by atoms with Crippen molar-refractivity contribution in [2.24, 2.45) is 17.6 Å². The van der Waals surface area contributed by atoms with E-state index in [2.05, 4.69) is 0 Å². The second-order valence-electron chi connectivity index (χ2n) is 3.39. The van der Waals surface area contributed by atoms with Crippen LogP contribution in [0.4, 0.5) is 0 Å². The van der Waals surface area contributed by atoms with Crippen molar-refractivity contribution in [2.75, 3.05) is 0 Å². The molecule has 0 heterocycles. The number of nitrogens with two attached hydrogens (primary N) is 1. The molecule has 52 valence electrons. The standard InChI is InChI=1S/C7H13NO/c8-6-3-4-1-2-5(6)7(4)9/h4-7,9H,1-3,8H2/t4-,5-,6-,7+/m1/s1. The zero-order valence-corrected chi connectivity index (χ0v) is 5.46. The summed E-state index contributed by atoms with van der Waals surface area (Å²) in [5, 5.41) is 9.42. The van der Waals surface area contributed by atoms with Gasteiger partial charge in [-0.1, -0.05) is 0 Å². The van der Waals surface area contributed by atoms with Crippen LogP contribution in [0.25, 0.3) is 0 Å². The molecule has 2 rings (SSSR count). The highest BCUT2D eigenvalue weighted by Crippen LogP contribution is 2.43. The van der Waals surface area contributed by atoms with E-state index in [0.29, 0.717) is 17.9 Å². The topological polar surface area (TPSA) is 46.2 Å². The van der Waals surface area contributed by atoms with E-state index >= 15 is 0 Å². The lowest BCUT2D eigenvalue weighted by atomic mass is 9.96. The van der Waals surface area contributed by atoms with Crippen molar-refractivity contribution >= 4 is 0 Å². The van der Waals surface area contributed by atoms with Gasteiger partial charge < -0.3 is 10.8 Å². The van der Waals surface area contributed by atoms with E-state index < -0.39 is 0 Å². The van der Waals surface area contributed by atoms with Gasteiger partial charge in [0, 0.05) is 12.0 Å². The number of hydrogen-bond donors (Lipinski definition) is 2. The zero-order chi connectivity index (χ0) is 6.43. The molecular formula is C7H13NO. The first-order valence-electron chi connectivity index (χ1n) is 3.72. The fourth-order valence-electron chi connectivity index (χ4n) is 2.35. The van der Waals surface area contributed by atoms with E-state index in [4.69, 9.17) is 5.73 Å². The second kappa shape index (κ2) is 1.70. The Morgan fingerprint density at radius 3 is 2.33 bits per heavy atom. The first-order valence-corrected chi connectivity index (χ1v) is 3.72. The van der Waals surface area contributed by atoms with Crippen LogP contribution in [0.3, 0.4) is 0 Å². The Morgan fingerprint density at radius 2 is 2.11 bits per heavy atom. The molecular weight excluding hydrogens is 114 g/mol. The van der Waals surface area contributed by atoms with Gasteiger partial charge in [-0.05, 0) is 25.2 Å². The number of fused-ring (bicyclic) bond motifs is 2. The minimum atomic E-state index is -0.0556. The van der Waals surface area contributed by atoms with Crippen LogP contribution in [0.2, 0.25) is 0 Å². The Balaban J connectivity index is 2.16. The van der Waals surface area contributed by atoms with Gasteiger partial charge in [0.05, 0.1) is 6.10 Å². The van der Waals surface area contributed by atoms with Gasteiger partial charge in [-0.25, -0.2) is 0 Å². The van der Waals surface area contributed by atoms with Crippen LogP contribution in [-0.2, 0) is 0 Å². The van der Waals surface area contributed by atoms with Crippen LogP contribution < -0.4 is 5.73 Å². The van der Waals surface area contributed by atoms with Crippen LogP contribution >= 0.6 is 0 Å². The van der Waals surface area contributed by atoms with Crippen LogP contribution in [0.5, 0.6) is 0 Å². The number of aliphatic hydroxyl groups is 1. The van der Waals surface area contributed by atoms with Gasteiger partial charge in [-0.15, -0.1) is 0 Å². The molecule has 2 saturated carbocycles. The van der Waals surface area contributed by atoms with Crippen LogP contribution in [0.1, 0.15) is 19.3 Å². The highest BCUT2D eigenvalue weighted by molar-refractivity contribution is 4.98. The smallest absolute Gasteiger partial charge is 0.0611 e. The molecule has 2 aliphatic carbocycles. The van der Waals surface area contributed by atoms with Gasteiger partial charge in [0.1, 0.15) is 0 Å². The molecule has 0 radical (unpaired) electrons. The van der Waals surface area contributed by atoms with Crippen LogP contribution in [-0.4, -0.2) is 17.3 Å². The van der Waals surface area contributed by atoms with Crippen molar-refractivity contribution in [1.82, 2.24) is 0 Å². The summed E-state index contributed by atoms with van der Waals surface area (Å²) in [5.74, 6) is 0.986. The van der Waals surface area contributed by atoms with E-state index in [0.717, 1.165) is 12.8 Å². The Hall–Kier alpha value is -0.0800. The van der Waals surface area contributed by atoms with Crippen molar-refractivity contribution in [1.29, 1.82) is 0 Å². The van der Waals surface area contributed by atoms with Gasteiger partial charge in [0.2, 0.25) is 0 Å². The highest BCUT2D eigenvalue weighted by atomic mass is 16.3. The Kier molecular flexibility index (Phi) is 1.08. The molecule has 4 atom stereocenters. The second-order valence-corrected chi connectivity index (χ2v) is 3.39. The maximum absolute atomic E-state index is 9.42. The molecule has 9 heavy (non-hydrogen) atoms. The zero-order valence-electron chi connectivity index (χ0n) is 5.46. The maximum Gasteiger partial charge on any atom is 0.0611 e. The third-order valence-electron chi connectivity index (χ3n) is 2.92. The fraction of sp³-hybridized carbons (Fsp3) is 1.00. The van der Waals surface area contributed by atoms with E-state index in [1.165, 1.54) is 6.42 Å². The SMILES string of the molecule is N[C@@H]1C[C@H]2CC[C@H]1[C@H]2O. The molecule has 0 aromatic heterocycles. The van der Waals surface area contributed by atoms with E-state index in [1.807, 2.05) is 0 Å². The van der Waals surface area contributed by atoms with Crippen molar-refractivity contribution in [3.63, 3.8) is 0 Å². The molecule has 3 N–H and O–H groups in total. The predicted molar refractivity (Wildman–Crippen MR) is 34.8 cm³/mol. The first kappa shape index (κ1) is 5.69. The van der Waals surface area contributed by atoms with Gasteiger partial charge in [0.25, 0.3) is 0 Å². The quantitative estimate of drug-likeness (QED) is 0.485. The highest BCUT2D eigenvalue weighted by Gasteiger charge is 2.45. The normalized spacial score (nSPS) is 56.7. The summed E-state index contributed by atoms with van der Waals surface area (Å²) in [6, 6.07) is 0.304. The summed E-state index contributed by atoms with van der Waals surface area (Å²) >= 11 is 0. The van der Waals surface area contributed by atoms with Crippen molar-refractivity contribution < 1.29 is 5.11 Å². The summed E-state index contributed by atoms with van der Waals surface area (Å²) in [4.78, 5) is 0. The van der Waals surface area contributed by atoms with E-state index in [9.17, 15) is 5.11 Å². The Labute approximate surface area is 55.1 Å². The summed E-state index contributed by atoms with van der Waals surface area (Å²) in [5.41, 5.74) is 5.75.